The molecule has 31 heavy (non-hydrogen) atoms. The molecule has 9 heteroatoms. The maximum Gasteiger partial charge on any atom is 0.236 e. The molecule has 0 spiro atoms. The molecule has 0 aromatic carbocycles. The molecule has 8 nitrogen and oxygen atoms in total. The standard InChI is InChI=1S/C22H33N5O3S/c1-22(2)11-13-14(12-30-22)19(27-7-9-29-10-8-27)26-21-16(13)17(23)18(31-21)20(28)25-15-5-3-4-6-24-15/h15,17-18,24H,3-12,23H2,1-2H3,(H,25,28). The van der Waals surface area contributed by atoms with Gasteiger partial charge in [-0.05, 0) is 45.2 Å². The highest BCUT2D eigenvalue weighted by Crippen LogP contribution is 2.48. The Morgan fingerprint density at radius 3 is 2.84 bits per heavy atom. The second-order valence-corrected chi connectivity index (χ2v) is 10.6. The Balaban J connectivity index is 1.46. The van der Waals surface area contributed by atoms with Crippen LogP contribution in [-0.2, 0) is 27.3 Å². The van der Waals surface area contributed by atoms with Gasteiger partial charge < -0.3 is 25.4 Å². The number of nitrogens with one attached hydrogen (secondary N) is 2. The fourth-order valence-corrected chi connectivity index (χ4v) is 6.23. The minimum absolute atomic E-state index is 0.00268. The number of hydrogen-bond donors (Lipinski definition) is 3. The van der Waals surface area contributed by atoms with E-state index in [9.17, 15) is 4.79 Å². The van der Waals surface area contributed by atoms with Crippen LogP contribution >= 0.6 is 11.8 Å². The maximum absolute atomic E-state index is 13.1. The molecule has 3 atom stereocenters. The van der Waals surface area contributed by atoms with Gasteiger partial charge in [-0.2, -0.15) is 0 Å². The number of carbonyl (C=O) groups is 1. The topological polar surface area (TPSA) is 102 Å². The van der Waals surface area contributed by atoms with Gasteiger partial charge in [-0.15, -0.1) is 0 Å². The van der Waals surface area contributed by atoms with E-state index in [1.807, 2.05) is 0 Å². The van der Waals surface area contributed by atoms with Gasteiger partial charge in [0, 0.05) is 30.6 Å². The van der Waals surface area contributed by atoms with E-state index in [-0.39, 0.29) is 29.0 Å². The van der Waals surface area contributed by atoms with E-state index >= 15 is 0 Å². The molecule has 3 unspecified atom stereocenters. The van der Waals surface area contributed by atoms with Crippen LogP contribution < -0.4 is 21.3 Å². The van der Waals surface area contributed by atoms with Gasteiger partial charge in [0.25, 0.3) is 0 Å². The van der Waals surface area contributed by atoms with E-state index in [1.165, 1.54) is 17.3 Å². The summed E-state index contributed by atoms with van der Waals surface area (Å²) in [6.07, 6.45) is 4.07. The summed E-state index contributed by atoms with van der Waals surface area (Å²) in [6.45, 7) is 8.73. The number of thioether (sulfide) groups is 1. The molecule has 5 rings (SSSR count). The smallest absolute Gasteiger partial charge is 0.236 e. The molecule has 4 aliphatic heterocycles. The van der Waals surface area contributed by atoms with Gasteiger partial charge in [-0.3, -0.25) is 10.1 Å². The summed E-state index contributed by atoms with van der Waals surface area (Å²) >= 11 is 1.52. The van der Waals surface area contributed by atoms with Crippen LogP contribution in [0.1, 0.15) is 55.8 Å². The molecular weight excluding hydrogens is 414 g/mol. The van der Waals surface area contributed by atoms with Crippen LogP contribution in [0.5, 0.6) is 0 Å². The lowest BCUT2D eigenvalue weighted by atomic mass is 9.86. The van der Waals surface area contributed by atoms with Crippen LogP contribution in [0, 0.1) is 0 Å². The lowest BCUT2D eigenvalue weighted by Crippen LogP contribution is -2.51. The number of fused-ring (bicyclic) bond motifs is 3. The van der Waals surface area contributed by atoms with Crippen molar-refractivity contribution in [3.8, 4) is 0 Å². The Morgan fingerprint density at radius 2 is 2.10 bits per heavy atom. The summed E-state index contributed by atoms with van der Waals surface area (Å²) < 4.78 is 11.7. The summed E-state index contributed by atoms with van der Waals surface area (Å²) in [5, 5.41) is 7.10. The molecule has 4 N–H and O–H groups in total. The number of amides is 1. The van der Waals surface area contributed by atoms with E-state index in [0.717, 1.165) is 67.3 Å². The van der Waals surface area contributed by atoms with Gasteiger partial charge in [-0.25, -0.2) is 4.98 Å². The van der Waals surface area contributed by atoms with Crippen LogP contribution in [0.25, 0.3) is 0 Å². The Labute approximate surface area is 188 Å². The number of nitrogens with two attached hydrogens (primary N) is 1. The lowest BCUT2D eigenvalue weighted by Gasteiger charge is -2.37. The van der Waals surface area contributed by atoms with Gasteiger partial charge in [-0.1, -0.05) is 11.8 Å². The van der Waals surface area contributed by atoms with E-state index in [1.54, 1.807) is 0 Å². The highest BCUT2D eigenvalue weighted by molar-refractivity contribution is 8.01. The summed E-state index contributed by atoms with van der Waals surface area (Å²) in [7, 11) is 0. The van der Waals surface area contributed by atoms with Crippen molar-refractivity contribution in [3.63, 3.8) is 0 Å². The molecule has 1 aromatic heterocycles. The summed E-state index contributed by atoms with van der Waals surface area (Å²) in [5.41, 5.74) is 9.87. The second-order valence-electron chi connectivity index (χ2n) is 9.51. The number of aromatic nitrogens is 1. The highest BCUT2D eigenvalue weighted by atomic mass is 32.2. The number of hydrogen-bond acceptors (Lipinski definition) is 8. The predicted molar refractivity (Wildman–Crippen MR) is 120 cm³/mol. The molecule has 0 saturated carbocycles. The van der Waals surface area contributed by atoms with Crippen LogP contribution in [0.4, 0.5) is 5.82 Å². The third-order valence-corrected chi connectivity index (χ3v) is 8.00. The monoisotopic (exact) mass is 447 g/mol. The molecule has 1 aromatic rings. The van der Waals surface area contributed by atoms with Crippen molar-refractivity contribution in [1.29, 1.82) is 0 Å². The lowest BCUT2D eigenvalue weighted by molar-refractivity contribution is -0.121. The first-order valence-electron chi connectivity index (χ1n) is 11.4. The molecule has 2 fully saturated rings. The Hall–Kier alpha value is -1.39. The SMILES string of the molecule is CC1(C)Cc2c(c(N3CCOCC3)nc3c2C(N)C(C(=O)NC2CCCCN2)S3)CO1. The number of carbonyl (C=O) groups excluding carboxylic acids is 1. The molecule has 4 aliphatic rings. The molecule has 0 bridgehead atoms. The first kappa shape index (κ1) is 21.5. The first-order valence-corrected chi connectivity index (χ1v) is 12.3. The molecule has 0 aliphatic carbocycles. The van der Waals surface area contributed by atoms with Gasteiger partial charge in [0.05, 0.1) is 37.6 Å². The number of pyridine rings is 1. The summed E-state index contributed by atoms with van der Waals surface area (Å²) in [6, 6.07) is -0.363. The molecular formula is C22H33N5O3S. The highest BCUT2D eigenvalue weighted by Gasteiger charge is 2.43. The number of piperidine rings is 1. The fraction of sp³-hybridized carbons (Fsp3) is 0.727. The largest absolute Gasteiger partial charge is 0.378 e. The van der Waals surface area contributed by atoms with Crippen molar-refractivity contribution in [1.82, 2.24) is 15.6 Å². The quantitative estimate of drug-likeness (QED) is 0.640. The van der Waals surface area contributed by atoms with Gasteiger partial charge in [0.2, 0.25) is 5.91 Å². The first-order chi connectivity index (χ1) is 14.9. The van der Waals surface area contributed by atoms with Crippen molar-refractivity contribution in [2.45, 2.75) is 74.2 Å². The summed E-state index contributed by atoms with van der Waals surface area (Å²) in [5.74, 6) is 0.977. The van der Waals surface area contributed by atoms with Gasteiger partial charge in [0.1, 0.15) is 16.1 Å². The average molecular weight is 448 g/mol. The zero-order valence-electron chi connectivity index (χ0n) is 18.4. The number of anilines is 1. The van der Waals surface area contributed by atoms with Gasteiger partial charge >= 0.3 is 0 Å². The third kappa shape index (κ3) is 4.18. The van der Waals surface area contributed by atoms with E-state index in [4.69, 9.17) is 20.2 Å². The second kappa shape index (κ2) is 8.51. The Kier molecular flexibility index (Phi) is 5.89. The molecule has 0 radical (unpaired) electrons. The predicted octanol–water partition coefficient (Wildman–Crippen LogP) is 1.46. The van der Waals surface area contributed by atoms with E-state index in [2.05, 4.69) is 29.4 Å². The fourth-order valence-electron chi connectivity index (χ4n) is 5.01. The minimum Gasteiger partial charge on any atom is -0.378 e. The van der Waals surface area contributed by atoms with E-state index < -0.39 is 0 Å². The number of rotatable bonds is 3. The van der Waals surface area contributed by atoms with Crippen LogP contribution in [0.3, 0.4) is 0 Å². The van der Waals surface area contributed by atoms with Crippen molar-refractivity contribution >= 4 is 23.5 Å². The molecule has 5 heterocycles. The van der Waals surface area contributed by atoms with Crippen LogP contribution in [-0.4, -0.2) is 60.8 Å². The van der Waals surface area contributed by atoms with Gasteiger partial charge in [0.15, 0.2) is 0 Å². The third-order valence-electron chi connectivity index (χ3n) is 6.70. The Morgan fingerprint density at radius 1 is 1.29 bits per heavy atom. The average Bonchev–Trinajstić information content (AvgIpc) is 3.10. The van der Waals surface area contributed by atoms with Crippen LogP contribution in [0.2, 0.25) is 0 Å². The maximum atomic E-state index is 13.1. The zero-order valence-corrected chi connectivity index (χ0v) is 19.2. The van der Waals surface area contributed by atoms with Crippen molar-refractivity contribution in [2.75, 3.05) is 37.7 Å². The zero-order chi connectivity index (χ0) is 21.6. The number of nitrogens with zero attached hydrogens (tertiary/aromatic N) is 2. The van der Waals surface area contributed by atoms with Crippen molar-refractivity contribution in [2.24, 2.45) is 5.73 Å². The van der Waals surface area contributed by atoms with Crippen molar-refractivity contribution < 1.29 is 14.3 Å². The summed E-state index contributed by atoms with van der Waals surface area (Å²) in [4.78, 5) is 20.5. The normalized spacial score (nSPS) is 29.9. The Bertz CT molecular complexity index is 852. The van der Waals surface area contributed by atoms with Crippen molar-refractivity contribution in [3.05, 3.63) is 16.7 Å². The van der Waals surface area contributed by atoms with E-state index in [0.29, 0.717) is 19.8 Å². The number of ether oxygens (including phenoxy) is 2. The molecule has 1 amide bonds. The number of morpholine rings is 1. The molecule has 2 saturated heterocycles. The van der Waals surface area contributed by atoms with Crippen LogP contribution in [0.15, 0.2) is 5.03 Å². The minimum atomic E-state index is -0.363. The molecule has 170 valence electrons.